The first kappa shape index (κ1) is 27.3. The van der Waals surface area contributed by atoms with E-state index >= 15 is 0 Å². The van der Waals surface area contributed by atoms with Gasteiger partial charge in [0.1, 0.15) is 11.6 Å². The highest BCUT2D eigenvalue weighted by Crippen LogP contribution is 2.36. The number of ether oxygens (including phenoxy) is 1. The highest BCUT2D eigenvalue weighted by atomic mass is 35.5. The SMILES string of the molecule is O=C(NCCO)c1ccc(Cl)c(-c2ccc(NC(=O)c3c(F)cccc3Cl)c(OCC(F)(F)F)c2)c1. The van der Waals surface area contributed by atoms with E-state index in [1.54, 1.807) is 0 Å². The first-order valence-electron chi connectivity index (χ1n) is 10.3. The zero-order valence-electron chi connectivity index (χ0n) is 18.3. The standard InChI is InChI=1S/C24H18Cl2F4N2O4/c25-16-6-4-14(22(34)31-8-9-33)10-15(16)13-5-7-19(20(11-13)36-12-24(28,29)30)32-23(35)21-17(26)2-1-3-18(21)27/h1-7,10-11,33H,8-9,12H2,(H,31,34)(H,32,35). The smallest absolute Gasteiger partial charge is 0.422 e. The summed E-state index contributed by atoms with van der Waals surface area (Å²) < 4.78 is 57.7. The first-order valence-corrected chi connectivity index (χ1v) is 11.0. The molecular formula is C24H18Cl2F4N2O4. The molecule has 0 aliphatic rings. The second-order valence-electron chi connectivity index (χ2n) is 7.34. The fourth-order valence-electron chi connectivity index (χ4n) is 3.13. The van der Waals surface area contributed by atoms with E-state index in [0.29, 0.717) is 5.56 Å². The number of alkyl halides is 3. The third-order valence-corrected chi connectivity index (χ3v) is 5.39. The van der Waals surface area contributed by atoms with Gasteiger partial charge in [0.05, 0.1) is 22.9 Å². The number of carbonyl (C=O) groups is 2. The molecule has 3 aromatic carbocycles. The Balaban J connectivity index is 2.00. The van der Waals surface area contributed by atoms with Crippen LogP contribution in [0.4, 0.5) is 23.2 Å². The molecule has 0 spiro atoms. The van der Waals surface area contributed by atoms with Crippen LogP contribution >= 0.6 is 23.2 Å². The van der Waals surface area contributed by atoms with Gasteiger partial charge in [-0.25, -0.2) is 4.39 Å². The lowest BCUT2D eigenvalue weighted by molar-refractivity contribution is -0.153. The molecule has 0 fully saturated rings. The number of amides is 2. The molecule has 0 unspecified atom stereocenters. The van der Waals surface area contributed by atoms with Crippen molar-refractivity contribution in [1.82, 2.24) is 5.32 Å². The van der Waals surface area contributed by atoms with Crippen LogP contribution in [0.15, 0.2) is 54.6 Å². The first-order chi connectivity index (χ1) is 17.0. The van der Waals surface area contributed by atoms with Crippen LogP contribution in [0.3, 0.4) is 0 Å². The van der Waals surface area contributed by atoms with Crippen molar-refractivity contribution >= 4 is 40.7 Å². The van der Waals surface area contributed by atoms with Crippen molar-refractivity contribution in [2.75, 3.05) is 25.1 Å². The van der Waals surface area contributed by atoms with Crippen molar-refractivity contribution in [2.24, 2.45) is 0 Å². The van der Waals surface area contributed by atoms with Crippen molar-refractivity contribution in [2.45, 2.75) is 6.18 Å². The molecule has 0 atom stereocenters. The third kappa shape index (κ3) is 6.87. The van der Waals surface area contributed by atoms with Gasteiger partial charge in [0, 0.05) is 22.7 Å². The van der Waals surface area contributed by atoms with Crippen molar-refractivity contribution in [3.8, 4) is 16.9 Å². The van der Waals surface area contributed by atoms with Gasteiger partial charge in [0.15, 0.2) is 6.61 Å². The highest BCUT2D eigenvalue weighted by molar-refractivity contribution is 6.34. The van der Waals surface area contributed by atoms with Gasteiger partial charge in [-0.15, -0.1) is 0 Å². The topological polar surface area (TPSA) is 87.7 Å². The molecule has 0 bridgehead atoms. The Bertz CT molecular complexity index is 1270. The number of rotatable bonds is 8. The minimum Gasteiger partial charge on any atom is -0.482 e. The molecule has 0 aromatic heterocycles. The van der Waals surface area contributed by atoms with Crippen molar-refractivity contribution < 1.29 is 37.0 Å². The van der Waals surface area contributed by atoms with E-state index in [9.17, 15) is 27.2 Å². The quantitative estimate of drug-likeness (QED) is 0.317. The fourth-order valence-corrected chi connectivity index (χ4v) is 3.61. The summed E-state index contributed by atoms with van der Waals surface area (Å²) in [6.07, 6.45) is -4.69. The summed E-state index contributed by atoms with van der Waals surface area (Å²) in [4.78, 5) is 24.9. The average molecular weight is 545 g/mol. The number of anilines is 1. The molecule has 3 aromatic rings. The lowest BCUT2D eigenvalue weighted by Gasteiger charge is -2.16. The molecule has 2 amide bonds. The maximum atomic E-state index is 14.1. The van der Waals surface area contributed by atoms with Crippen molar-refractivity contribution in [3.05, 3.63) is 81.6 Å². The van der Waals surface area contributed by atoms with E-state index in [2.05, 4.69) is 10.6 Å². The number of hydrogen-bond acceptors (Lipinski definition) is 4. The average Bonchev–Trinajstić information content (AvgIpc) is 2.81. The second kappa shape index (κ2) is 11.6. The summed E-state index contributed by atoms with van der Waals surface area (Å²) in [5.41, 5.74) is 0.0817. The molecule has 3 N–H and O–H groups in total. The molecule has 0 aliphatic heterocycles. The summed E-state index contributed by atoms with van der Waals surface area (Å²) in [5, 5.41) is 13.7. The molecule has 0 saturated heterocycles. The summed E-state index contributed by atoms with van der Waals surface area (Å²) in [5.74, 6) is -2.79. The van der Waals surface area contributed by atoms with Crippen LogP contribution in [0.25, 0.3) is 11.1 Å². The van der Waals surface area contributed by atoms with Crippen LogP contribution in [-0.4, -0.2) is 42.9 Å². The molecule has 190 valence electrons. The monoisotopic (exact) mass is 544 g/mol. The van der Waals surface area contributed by atoms with Gasteiger partial charge in [-0.2, -0.15) is 13.2 Å². The summed E-state index contributed by atoms with van der Waals surface area (Å²) >= 11 is 12.2. The van der Waals surface area contributed by atoms with Crippen LogP contribution in [0, 0.1) is 5.82 Å². The van der Waals surface area contributed by atoms with E-state index in [0.717, 1.165) is 6.07 Å². The zero-order valence-corrected chi connectivity index (χ0v) is 19.8. The van der Waals surface area contributed by atoms with E-state index in [4.69, 9.17) is 33.0 Å². The normalized spacial score (nSPS) is 11.2. The van der Waals surface area contributed by atoms with Gasteiger partial charge < -0.3 is 20.5 Å². The molecular weight excluding hydrogens is 527 g/mol. The molecule has 6 nitrogen and oxygen atoms in total. The van der Waals surface area contributed by atoms with Crippen LogP contribution < -0.4 is 15.4 Å². The Labute approximate surface area is 212 Å². The van der Waals surface area contributed by atoms with Crippen LogP contribution in [0.5, 0.6) is 5.75 Å². The Morgan fingerprint density at radius 3 is 2.39 bits per heavy atom. The Morgan fingerprint density at radius 2 is 1.72 bits per heavy atom. The van der Waals surface area contributed by atoms with Crippen LogP contribution in [0.2, 0.25) is 10.0 Å². The summed E-state index contributed by atoms with van der Waals surface area (Å²) in [6, 6.07) is 11.7. The van der Waals surface area contributed by atoms with Crippen LogP contribution in [-0.2, 0) is 0 Å². The maximum Gasteiger partial charge on any atom is 0.422 e. The van der Waals surface area contributed by atoms with E-state index < -0.39 is 36.0 Å². The Hall–Kier alpha value is -3.34. The number of aliphatic hydroxyl groups excluding tert-OH is 1. The van der Waals surface area contributed by atoms with Gasteiger partial charge >= 0.3 is 6.18 Å². The molecule has 0 heterocycles. The molecule has 0 radical (unpaired) electrons. The van der Waals surface area contributed by atoms with Crippen molar-refractivity contribution in [1.29, 1.82) is 0 Å². The molecule has 3 rings (SSSR count). The van der Waals surface area contributed by atoms with Gasteiger partial charge in [-0.3, -0.25) is 9.59 Å². The predicted molar refractivity (Wildman–Crippen MR) is 127 cm³/mol. The zero-order chi connectivity index (χ0) is 26.5. The third-order valence-electron chi connectivity index (χ3n) is 4.75. The summed E-state index contributed by atoms with van der Waals surface area (Å²) in [7, 11) is 0. The van der Waals surface area contributed by atoms with Gasteiger partial charge in [-0.05, 0) is 48.0 Å². The molecule has 0 aliphatic carbocycles. The van der Waals surface area contributed by atoms with Crippen molar-refractivity contribution in [3.63, 3.8) is 0 Å². The van der Waals surface area contributed by atoms with E-state index in [1.165, 1.54) is 48.5 Å². The number of aliphatic hydroxyl groups is 1. The second-order valence-corrected chi connectivity index (χ2v) is 8.15. The largest absolute Gasteiger partial charge is 0.482 e. The number of nitrogens with one attached hydrogen (secondary N) is 2. The number of halogens is 6. The van der Waals surface area contributed by atoms with Crippen LogP contribution in [0.1, 0.15) is 20.7 Å². The lowest BCUT2D eigenvalue weighted by Crippen LogP contribution is -2.26. The maximum absolute atomic E-state index is 14.1. The number of carbonyl (C=O) groups excluding carboxylic acids is 2. The molecule has 36 heavy (non-hydrogen) atoms. The number of hydrogen-bond donors (Lipinski definition) is 3. The minimum absolute atomic E-state index is 0.0205. The highest BCUT2D eigenvalue weighted by Gasteiger charge is 2.29. The van der Waals surface area contributed by atoms with E-state index in [1.807, 2.05) is 0 Å². The van der Waals surface area contributed by atoms with Gasteiger partial charge in [-0.1, -0.05) is 35.3 Å². The Morgan fingerprint density at radius 1 is 0.972 bits per heavy atom. The van der Waals surface area contributed by atoms with Gasteiger partial charge in [0.25, 0.3) is 11.8 Å². The predicted octanol–water partition coefficient (Wildman–Crippen LogP) is 5.72. The van der Waals surface area contributed by atoms with E-state index in [-0.39, 0.29) is 45.8 Å². The fraction of sp³-hybridized carbons (Fsp3) is 0.167. The number of benzene rings is 3. The molecule has 0 saturated carbocycles. The Kier molecular flexibility index (Phi) is 8.78. The molecule has 12 heteroatoms. The lowest BCUT2D eigenvalue weighted by atomic mass is 10.0. The van der Waals surface area contributed by atoms with Gasteiger partial charge in [0.2, 0.25) is 0 Å². The minimum atomic E-state index is -4.69. The summed E-state index contributed by atoms with van der Waals surface area (Å²) in [6.45, 7) is -1.92.